The summed E-state index contributed by atoms with van der Waals surface area (Å²) < 4.78 is 26.2. The average molecular weight is 253 g/mol. The van der Waals surface area contributed by atoms with Gasteiger partial charge in [0.2, 0.25) is 0 Å². The number of hydrazine groups is 1. The number of benzene rings is 1. The fourth-order valence-corrected chi connectivity index (χ4v) is 2.29. The van der Waals surface area contributed by atoms with E-state index in [4.69, 9.17) is 5.84 Å². The molecule has 0 spiro atoms. The average Bonchev–Trinajstić information content (AvgIpc) is 2.81. The number of nitrogens with two attached hydrogens (primary N) is 1. The van der Waals surface area contributed by atoms with E-state index < -0.39 is 10.0 Å². The van der Waals surface area contributed by atoms with E-state index >= 15 is 0 Å². The van der Waals surface area contributed by atoms with Crippen molar-refractivity contribution in [2.75, 3.05) is 10.1 Å². The molecule has 5 N–H and O–H groups in total. The number of hydrogen-bond acceptors (Lipinski definition) is 5. The Hall–Kier alpha value is -2.06. The van der Waals surface area contributed by atoms with Gasteiger partial charge in [0.25, 0.3) is 10.0 Å². The molecule has 7 nitrogen and oxygen atoms in total. The van der Waals surface area contributed by atoms with Crippen LogP contribution in [-0.2, 0) is 10.0 Å². The summed E-state index contributed by atoms with van der Waals surface area (Å²) in [6.45, 7) is 0. The molecule has 0 unspecified atom stereocenters. The maximum atomic E-state index is 11.9. The van der Waals surface area contributed by atoms with Gasteiger partial charge >= 0.3 is 0 Å². The fraction of sp³-hybridized carbons (Fsp3) is 0. The number of sulfonamides is 1. The van der Waals surface area contributed by atoms with Gasteiger partial charge in [0.1, 0.15) is 0 Å². The first-order chi connectivity index (χ1) is 8.12. The van der Waals surface area contributed by atoms with Gasteiger partial charge in [-0.3, -0.25) is 15.7 Å². The van der Waals surface area contributed by atoms with Crippen LogP contribution >= 0.6 is 0 Å². The molecule has 0 aliphatic carbocycles. The zero-order valence-corrected chi connectivity index (χ0v) is 9.53. The fourth-order valence-electron chi connectivity index (χ4n) is 1.25. The molecule has 1 aromatic heterocycles. The highest BCUT2D eigenvalue weighted by Gasteiger charge is 2.14. The number of rotatable bonds is 4. The van der Waals surface area contributed by atoms with Crippen LogP contribution in [0.15, 0.2) is 41.6 Å². The number of nitrogens with zero attached hydrogens (tertiary/aromatic N) is 1. The molecule has 0 atom stereocenters. The van der Waals surface area contributed by atoms with Crippen molar-refractivity contribution < 1.29 is 8.42 Å². The molecule has 0 saturated heterocycles. The van der Waals surface area contributed by atoms with E-state index in [0.29, 0.717) is 11.4 Å². The van der Waals surface area contributed by atoms with Crippen molar-refractivity contribution in [1.82, 2.24) is 10.2 Å². The van der Waals surface area contributed by atoms with Crippen molar-refractivity contribution in [3.8, 4) is 0 Å². The van der Waals surface area contributed by atoms with Crippen molar-refractivity contribution in [3.05, 3.63) is 36.7 Å². The standard InChI is InChI=1S/C9H11N5O2S/c10-13-7-1-3-9(4-2-7)17(15,16)14-8-5-11-12-6-8/h1-6,13-14H,10H2,(H,11,12). The summed E-state index contributed by atoms with van der Waals surface area (Å²) >= 11 is 0. The summed E-state index contributed by atoms with van der Waals surface area (Å²) in [4.78, 5) is 0.151. The van der Waals surface area contributed by atoms with Gasteiger partial charge in [-0.15, -0.1) is 0 Å². The Morgan fingerprint density at radius 3 is 2.41 bits per heavy atom. The lowest BCUT2D eigenvalue weighted by atomic mass is 10.3. The maximum absolute atomic E-state index is 11.9. The lowest BCUT2D eigenvalue weighted by molar-refractivity contribution is 0.601. The van der Waals surface area contributed by atoms with E-state index in [2.05, 4.69) is 20.3 Å². The van der Waals surface area contributed by atoms with Gasteiger partial charge < -0.3 is 5.43 Å². The number of H-pyrrole nitrogens is 1. The zero-order chi connectivity index (χ0) is 12.3. The van der Waals surface area contributed by atoms with Crippen molar-refractivity contribution in [2.45, 2.75) is 4.90 Å². The molecule has 0 aliphatic heterocycles. The Labute approximate surface area is 98.1 Å². The molecule has 0 fully saturated rings. The van der Waals surface area contributed by atoms with Crippen LogP contribution in [0.25, 0.3) is 0 Å². The number of hydrogen-bond donors (Lipinski definition) is 4. The van der Waals surface area contributed by atoms with Gasteiger partial charge in [0, 0.05) is 11.9 Å². The SMILES string of the molecule is NNc1ccc(S(=O)(=O)Nc2cn[nH]c2)cc1. The van der Waals surface area contributed by atoms with Crippen LogP contribution in [0.3, 0.4) is 0 Å². The van der Waals surface area contributed by atoms with Gasteiger partial charge in [-0.05, 0) is 24.3 Å². The van der Waals surface area contributed by atoms with E-state index in [1.165, 1.54) is 24.5 Å². The number of aromatic amines is 1. The molecule has 0 aliphatic rings. The first kappa shape index (κ1) is 11.4. The number of anilines is 2. The highest BCUT2D eigenvalue weighted by molar-refractivity contribution is 7.92. The molecule has 0 amide bonds. The summed E-state index contributed by atoms with van der Waals surface area (Å²) in [7, 11) is -3.59. The zero-order valence-electron chi connectivity index (χ0n) is 8.71. The monoisotopic (exact) mass is 253 g/mol. The van der Waals surface area contributed by atoms with Crippen molar-refractivity contribution in [2.24, 2.45) is 5.84 Å². The van der Waals surface area contributed by atoms with Crippen LogP contribution < -0.4 is 16.0 Å². The van der Waals surface area contributed by atoms with Crippen LogP contribution in [0.2, 0.25) is 0 Å². The van der Waals surface area contributed by atoms with E-state index in [1.54, 1.807) is 12.1 Å². The molecule has 17 heavy (non-hydrogen) atoms. The third-order valence-corrected chi connectivity index (χ3v) is 3.48. The van der Waals surface area contributed by atoms with Gasteiger partial charge in [0.05, 0.1) is 16.8 Å². The first-order valence-corrected chi connectivity index (χ1v) is 6.18. The minimum atomic E-state index is -3.59. The predicted molar refractivity (Wildman–Crippen MR) is 63.6 cm³/mol. The Kier molecular flexibility index (Phi) is 2.98. The summed E-state index contributed by atoms with van der Waals surface area (Å²) in [5, 5.41) is 6.17. The largest absolute Gasteiger partial charge is 0.324 e. The number of aromatic nitrogens is 2. The predicted octanol–water partition coefficient (Wildman–Crippen LogP) is 0.496. The molecule has 2 rings (SSSR count). The summed E-state index contributed by atoms with van der Waals surface area (Å²) in [5.74, 6) is 5.19. The van der Waals surface area contributed by atoms with Crippen LogP contribution in [0.5, 0.6) is 0 Å². The molecule has 1 aromatic carbocycles. The van der Waals surface area contributed by atoms with Gasteiger partial charge in [-0.25, -0.2) is 8.42 Å². The number of nitrogen functional groups attached to an aromatic ring is 1. The van der Waals surface area contributed by atoms with Crippen molar-refractivity contribution in [1.29, 1.82) is 0 Å². The molecule has 0 bridgehead atoms. The molecular weight excluding hydrogens is 242 g/mol. The maximum Gasteiger partial charge on any atom is 0.261 e. The minimum Gasteiger partial charge on any atom is -0.324 e. The lowest BCUT2D eigenvalue weighted by Crippen LogP contribution is -2.13. The second-order valence-corrected chi connectivity index (χ2v) is 4.94. The Morgan fingerprint density at radius 2 is 1.88 bits per heavy atom. The second-order valence-electron chi connectivity index (χ2n) is 3.26. The topological polar surface area (TPSA) is 113 Å². The molecule has 0 radical (unpaired) electrons. The molecule has 1 heterocycles. The highest BCUT2D eigenvalue weighted by atomic mass is 32.2. The summed E-state index contributed by atoms with van der Waals surface area (Å²) in [6.07, 6.45) is 2.83. The van der Waals surface area contributed by atoms with E-state index in [-0.39, 0.29) is 4.90 Å². The van der Waals surface area contributed by atoms with Crippen LogP contribution in [0.4, 0.5) is 11.4 Å². The lowest BCUT2D eigenvalue weighted by Gasteiger charge is -2.06. The van der Waals surface area contributed by atoms with E-state index in [1.807, 2.05) is 0 Å². The van der Waals surface area contributed by atoms with Crippen molar-refractivity contribution in [3.63, 3.8) is 0 Å². The quantitative estimate of drug-likeness (QED) is 0.468. The van der Waals surface area contributed by atoms with E-state index in [0.717, 1.165) is 0 Å². The normalized spacial score (nSPS) is 11.1. The van der Waals surface area contributed by atoms with Gasteiger partial charge in [-0.2, -0.15) is 5.10 Å². The Balaban J connectivity index is 2.25. The first-order valence-electron chi connectivity index (χ1n) is 4.70. The molecule has 0 saturated carbocycles. The summed E-state index contributed by atoms with van der Waals surface area (Å²) in [5.41, 5.74) is 3.43. The van der Waals surface area contributed by atoms with Gasteiger partial charge in [0.15, 0.2) is 0 Å². The minimum absolute atomic E-state index is 0.151. The van der Waals surface area contributed by atoms with Crippen LogP contribution in [0, 0.1) is 0 Å². The molecule has 2 aromatic rings. The third-order valence-electron chi connectivity index (χ3n) is 2.08. The number of nitrogens with one attached hydrogen (secondary N) is 3. The highest BCUT2D eigenvalue weighted by Crippen LogP contribution is 2.16. The molecule has 90 valence electrons. The summed E-state index contributed by atoms with van der Waals surface area (Å²) in [6, 6.07) is 6.06. The molecule has 8 heteroatoms. The molecular formula is C9H11N5O2S. The Bertz CT molecular complexity index is 576. The van der Waals surface area contributed by atoms with Gasteiger partial charge in [-0.1, -0.05) is 0 Å². The van der Waals surface area contributed by atoms with Crippen molar-refractivity contribution >= 4 is 21.4 Å². The second kappa shape index (κ2) is 4.44. The van der Waals surface area contributed by atoms with Crippen LogP contribution in [-0.4, -0.2) is 18.6 Å². The van der Waals surface area contributed by atoms with Crippen LogP contribution in [0.1, 0.15) is 0 Å². The smallest absolute Gasteiger partial charge is 0.261 e. The Morgan fingerprint density at radius 1 is 1.18 bits per heavy atom. The third kappa shape index (κ3) is 2.55. The van der Waals surface area contributed by atoms with E-state index in [9.17, 15) is 8.42 Å².